The number of anilines is 1. The van der Waals surface area contributed by atoms with E-state index in [2.05, 4.69) is 43.0 Å². The second-order valence-corrected chi connectivity index (χ2v) is 7.11. The molecule has 8 heteroatoms. The quantitative estimate of drug-likeness (QED) is 0.361. The zero-order chi connectivity index (χ0) is 18.2. The van der Waals surface area contributed by atoms with Crippen LogP contribution in [0.5, 0.6) is 5.88 Å². The Morgan fingerprint density at radius 1 is 1.33 bits per heavy atom. The Balaban J connectivity index is 0.00000261. The number of ether oxygens (including phenoxy) is 1. The molecule has 1 saturated heterocycles. The zero-order valence-corrected chi connectivity index (χ0v) is 19.0. The minimum absolute atomic E-state index is 0. The Morgan fingerprint density at radius 3 is 2.81 bits per heavy atom. The molecule has 27 heavy (non-hydrogen) atoms. The predicted molar refractivity (Wildman–Crippen MR) is 124 cm³/mol. The van der Waals surface area contributed by atoms with Crippen LogP contribution in [-0.2, 0) is 6.54 Å². The van der Waals surface area contributed by atoms with Crippen molar-refractivity contribution in [2.24, 2.45) is 4.99 Å². The van der Waals surface area contributed by atoms with Crippen LogP contribution in [0.2, 0.25) is 0 Å². The van der Waals surface area contributed by atoms with Gasteiger partial charge in [0.1, 0.15) is 0 Å². The van der Waals surface area contributed by atoms with Gasteiger partial charge in [-0.1, -0.05) is 6.07 Å². The van der Waals surface area contributed by atoms with Gasteiger partial charge in [0.2, 0.25) is 5.88 Å². The molecule has 0 unspecified atom stereocenters. The van der Waals surface area contributed by atoms with E-state index in [-0.39, 0.29) is 24.0 Å². The van der Waals surface area contributed by atoms with E-state index in [1.807, 2.05) is 37.4 Å². The number of nitrogens with zero attached hydrogens (tertiary/aromatic N) is 3. The number of piperidine rings is 1. The lowest BCUT2D eigenvalue weighted by Gasteiger charge is -2.33. The second kappa shape index (κ2) is 11.3. The molecule has 0 aliphatic carbocycles. The number of nitrogens with one attached hydrogen (secondary N) is 2. The van der Waals surface area contributed by atoms with Gasteiger partial charge >= 0.3 is 0 Å². The fourth-order valence-electron chi connectivity index (χ4n) is 3.09. The number of hydrogen-bond acceptors (Lipinski definition) is 5. The Morgan fingerprint density at radius 2 is 2.15 bits per heavy atom. The fourth-order valence-corrected chi connectivity index (χ4v) is 3.87. The summed E-state index contributed by atoms with van der Waals surface area (Å²) in [6.07, 6.45) is 3.97. The van der Waals surface area contributed by atoms with Gasteiger partial charge in [0.05, 0.1) is 11.6 Å². The number of hydrogen-bond donors (Lipinski definition) is 2. The SMILES string of the molecule is CCOc1ncccc1CNC(=NC)NC1CCN(c2cccs2)CC1.I. The van der Waals surface area contributed by atoms with Gasteiger partial charge < -0.3 is 20.3 Å². The third kappa shape index (κ3) is 6.24. The number of rotatable bonds is 6. The standard InChI is InChI=1S/C19H27N5OS.HI/c1-3-25-18-15(6-4-10-21-18)14-22-19(20-2)23-16-8-11-24(12-9-16)17-7-5-13-26-17;/h4-7,10,13,16H,3,8-9,11-12,14H2,1-2H3,(H2,20,22,23);1H. The van der Waals surface area contributed by atoms with Gasteiger partial charge in [0, 0.05) is 44.5 Å². The number of aromatic nitrogens is 1. The van der Waals surface area contributed by atoms with Crippen molar-refractivity contribution >= 4 is 46.3 Å². The monoisotopic (exact) mass is 501 g/mol. The van der Waals surface area contributed by atoms with Gasteiger partial charge in [-0.05, 0) is 43.3 Å². The number of aliphatic imine (C=N–C) groups is 1. The van der Waals surface area contributed by atoms with E-state index in [4.69, 9.17) is 4.74 Å². The first-order valence-corrected chi connectivity index (χ1v) is 10.0. The topological polar surface area (TPSA) is 61.8 Å². The van der Waals surface area contributed by atoms with Crippen molar-refractivity contribution in [1.29, 1.82) is 0 Å². The number of halogens is 1. The van der Waals surface area contributed by atoms with Crippen molar-refractivity contribution in [3.05, 3.63) is 41.4 Å². The van der Waals surface area contributed by atoms with Crippen molar-refractivity contribution in [1.82, 2.24) is 15.6 Å². The first-order chi connectivity index (χ1) is 12.8. The molecule has 1 aliphatic heterocycles. The van der Waals surface area contributed by atoms with Crippen LogP contribution in [0.1, 0.15) is 25.3 Å². The summed E-state index contributed by atoms with van der Waals surface area (Å²) in [6, 6.07) is 8.71. The first-order valence-electron chi connectivity index (χ1n) is 9.12. The Hall–Kier alpha value is -1.55. The minimum Gasteiger partial charge on any atom is -0.478 e. The highest BCUT2D eigenvalue weighted by molar-refractivity contribution is 14.0. The van der Waals surface area contributed by atoms with Gasteiger partial charge in [-0.3, -0.25) is 4.99 Å². The van der Waals surface area contributed by atoms with Gasteiger partial charge in [-0.25, -0.2) is 4.98 Å². The molecule has 3 rings (SSSR count). The van der Waals surface area contributed by atoms with Gasteiger partial charge in [-0.15, -0.1) is 35.3 Å². The van der Waals surface area contributed by atoms with Crippen LogP contribution in [0, 0.1) is 0 Å². The maximum atomic E-state index is 5.58. The third-order valence-corrected chi connectivity index (χ3v) is 5.38. The van der Waals surface area contributed by atoms with Crippen molar-refractivity contribution in [3.8, 4) is 5.88 Å². The average molecular weight is 501 g/mol. The molecule has 0 aromatic carbocycles. The Labute approximate surface area is 182 Å². The smallest absolute Gasteiger partial charge is 0.218 e. The summed E-state index contributed by atoms with van der Waals surface area (Å²) in [5.74, 6) is 1.51. The van der Waals surface area contributed by atoms with E-state index < -0.39 is 0 Å². The van der Waals surface area contributed by atoms with Crippen molar-refractivity contribution in [2.75, 3.05) is 31.6 Å². The highest BCUT2D eigenvalue weighted by Crippen LogP contribution is 2.24. The summed E-state index contributed by atoms with van der Waals surface area (Å²) in [5, 5.41) is 10.4. The summed E-state index contributed by atoms with van der Waals surface area (Å²) in [5.41, 5.74) is 1.03. The molecule has 1 aliphatic rings. The van der Waals surface area contributed by atoms with Gasteiger partial charge in [0.25, 0.3) is 0 Å². The summed E-state index contributed by atoms with van der Waals surface area (Å²) in [6.45, 7) is 5.37. The molecule has 148 valence electrons. The number of pyridine rings is 1. The summed E-state index contributed by atoms with van der Waals surface area (Å²) < 4.78 is 5.58. The maximum Gasteiger partial charge on any atom is 0.218 e. The lowest BCUT2D eigenvalue weighted by molar-refractivity contribution is 0.322. The van der Waals surface area contributed by atoms with Crippen LogP contribution in [0.3, 0.4) is 0 Å². The van der Waals surface area contributed by atoms with Crippen LogP contribution in [0.15, 0.2) is 40.8 Å². The van der Waals surface area contributed by atoms with Gasteiger partial charge in [-0.2, -0.15) is 0 Å². The molecule has 3 heterocycles. The van der Waals surface area contributed by atoms with Gasteiger partial charge in [0.15, 0.2) is 5.96 Å². The maximum absolute atomic E-state index is 5.58. The van der Waals surface area contributed by atoms with Crippen LogP contribution in [0.4, 0.5) is 5.00 Å². The minimum atomic E-state index is 0. The van der Waals surface area contributed by atoms with E-state index in [0.717, 1.165) is 37.5 Å². The molecule has 0 spiro atoms. The normalized spacial score (nSPS) is 15.2. The molecule has 0 saturated carbocycles. The summed E-state index contributed by atoms with van der Waals surface area (Å²) in [7, 11) is 1.81. The van der Waals surface area contributed by atoms with Crippen LogP contribution in [0.25, 0.3) is 0 Å². The van der Waals surface area contributed by atoms with E-state index in [1.165, 1.54) is 5.00 Å². The van der Waals surface area contributed by atoms with E-state index in [1.54, 1.807) is 6.20 Å². The molecule has 2 aromatic heterocycles. The van der Waals surface area contributed by atoms with Crippen LogP contribution >= 0.6 is 35.3 Å². The molecule has 0 bridgehead atoms. The lowest BCUT2D eigenvalue weighted by Crippen LogP contribution is -2.48. The molecular formula is C19H28IN5OS. The molecular weight excluding hydrogens is 473 g/mol. The third-order valence-electron chi connectivity index (χ3n) is 4.45. The molecule has 6 nitrogen and oxygen atoms in total. The molecule has 2 aromatic rings. The number of guanidine groups is 1. The largest absolute Gasteiger partial charge is 0.478 e. The fraction of sp³-hybridized carbons (Fsp3) is 0.474. The lowest BCUT2D eigenvalue weighted by atomic mass is 10.1. The van der Waals surface area contributed by atoms with Crippen molar-refractivity contribution in [3.63, 3.8) is 0 Å². The average Bonchev–Trinajstić information content (AvgIpc) is 3.22. The van der Waals surface area contributed by atoms with E-state index >= 15 is 0 Å². The van der Waals surface area contributed by atoms with Crippen LogP contribution < -0.4 is 20.3 Å². The highest BCUT2D eigenvalue weighted by Gasteiger charge is 2.20. The molecule has 2 N–H and O–H groups in total. The molecule has 0 atom stereocenters. The van der Waals surface area contributed by atoms with E-state index in [9.17, 15) is 0 Å². The van der Waals surface area contributed by atoms with E-state index in [0.29, 0.717) is 25.1 Å². The summed E-state index contributed by atoms with van der Waals surface area (Å²) in [4.78, 5) is 11.1. The van der Waals surface area contributed by atoms with Crippen molar-refractivity contribution < 1.29 is 4.74 Å². The molecule has 0 radical (unpaired) electrons. The first kappa shape index (κ1) is 21.7. The Kier molecular flexibility index (Phi) is 9.12. The van der Waals surface area contributed by atoms with Crippen molar-refractivity contribution in [2.45, 2.75) is 32.4 Å². The zero-order valence-electron chi connectivity index (χ0n) is 15.9. The molecule has 1 fully saturated rings. The van der Waals surface area contributed by atoms with Crippen LogP contribution in [-0.4, -0.2) is 43.7 Å². The summed E-state index contributed by atoms with van der Waals surface area (Å²) >= 11 is 1.81. The second-order valence-electron chi connectivity index (χ2n) is 6.18. The molecule has 0 amide bonds. The highest BCUT2D eigenvalue weighted by atomic mass is 127. The predicted octanol–water partition coefficient (Wildman–Crippen LogP) is 3.49. The number of thiophene rings is 1. The Bertz CT molecular complexity index is 702.